The molecule has 2 atom stereocenters. The van der Waals surface area contributed by atoms with Gasteiger partial charge in [0.05, 0.1) is 29.5 Å². The van der Waals surface area contributed by atoms with Gasteiger partial charge in [0, 0.05) is 29.7 Å². The number of hydrazone groups is 1. The first kappa shape index (κ1) is 22.5. The van der Waals surface area contributed by atoms with Crippen molar-refractivity contribution in [2.24, 2.45) is 5.10 Å². The van der Waals surface area contributed by atoms with Crippen molar-refractivity contribution >= 4 is 49.7 Å². The summed E-state index contributed by atoms with van der Waals surface area (Å²) < 4.78 is 35.2. The molecule has 0 unspecified atom stereocenters. The highest BCUT2D eigenvalue weighted by molar-refractivity contribution is 9.10. The van der Waals surface area contributed by atoms with Crippen LogP contribution in [-0.2, 0) is 19.6 Å². The predicted octanol–water partition coefficient (Wildman–Crippen LogP) is 2.20. The number of benzene rings is 1. The van der Waals surface area contributed by atoms with E-state index in [1.807, 2.05) is 12.1 Å². The number of halogens is 1. The van der Waals surface area contributed by atoms with Crippen molar-refractivity contribution in [3.63, 3.8) is 0 Å². The van der Waals surface area contributed by atoms with Gasteiger partial charge in [0.1, 0.15) is 17.8 Å². The SMILES string of the molecule is Cc1ccc(C(=O)N2C[C@@H]3C[C@H]2C(=O)O3)cc1S(=O)(=O)N(C)/N=C/c1cnc2ccc(Br)cn12. The van der Waals surface area contributed by atoms with Gasteiger partial charge in [-0.05, 0) is 52.7 Å². The summed E-state index contributed by atoms with van der Waals surface area (Å²) in [7, 11) is -2.72. The monoisotopic (exact) mass is 545 g/mol. The van der Waals surface area contributed by atoms with Crippen molar-refractivity contribution in [1.29, 1.82) is 0 Å². The summed E-state index contributed by atoms with van der Waals surface area (Å²) in [6.07, 6.45) is 4.97. The van der Waals surface area contributed by atoms with E-state index in [1.54, 1.807) is 35.9 Å². The zero-order valence-electron chi connectivity index (χ0n) is 18.3. The molecule has 12 heteroatoms. The lowest BCUT2D eigenvalue weighted by Gasteiger charge is -2.26. The molecule has 10 nitrogen and oxygen atoms in total. The predicted molar refractivity (Wildman–Crippen MR) is 126 cm³/mol. The summed E-state index contributed by atoms with van der Waals surface area (Å²) in [6.45, 7) is 1.96. The first-order valence-corrected chi connectivity index (χ1v) is 12.7. The van der Waals surface area contributed by atoms with Crippen LogP contribution in [0.2, 0.25) is 0 Å². The molecule has 0 spiro atoms. The summed E-state index contributed by atoms with van der Waals surface area (Å²) in [5.41, 5.74) is 1.94. The number of amides is 1. The molecule has 2 aromatic heterocycles. The molecule has 4 heterocycles. The number of fused-ring (bicyclic) bond motifs is 3. The third-order valence-corrected chi connectivity index (χ3v) is 8.24. The number of carbonyl (C=O) groups excluding carboxylic acids is 2. The molecular weight excluding hydrogens is 526 g/mol. The number of morpholine rings is 1. The number of esters is 1. The van der Waals surface area contributed by atoms with E-state index in [9.17, 15) is 18.0 Å². The highest BCUT2D eigenvalue weighted by Gasteiger charge is 2.48. The maximum Gasteiger partial charge on any atom is 0.329 e. The molecule has 2 bridgehead atoms. The fraction of sp³-hybridized carbons (Fsp3) is 0.273. The minimum Gasteiger partial charge on any atom is -0.459 e. The van der Waals surface area contributed by atoms with E-state index in [4.69, 9.17) is 4.74 Å². The average molecular weight is 546 g/mol. The molecule has 176 valence electrons. The first-order chi connectivity index (χ1) is 16.1. The molecular formula is C22H20BrN5O5S. The fourth-order valence-corrected chi connectivity index (χ4v) is 5.71. The number of sulfonamides is 1. The zero-order chi connectivity index (χ0) is 24.2. The van der Waals surface area contributed by atoms with Gasteiger partial charge in [-0.3, -0.25) is 9.20 Å². The summed E-state index contributed by atoms with van der Waals surface area (Å²) in [6, 6.07) is 7.53. The number of nitrogens with zero attached hydrogens (tertiary/aromatic N) is 5. The molecule has 34 heavy (non-hydrogen) atoms. The number of pyridine rings is 1. The fourth-order valence-electron chi connectivity index (χ4n) is 4.16. The van der Waals surface area contributed by atoms with Crippen LogP contribution in [0.4, 0.5) is 0 Å². The van der Waals surface area contributed by atoms with Crippen LogP contribution >= 0.6 is 15.9 Å². The molecule has 3 aromatic rings. The van der Waals surface area contributed by atoms with Crippen molar-refractivity contribution in [3.05, 3.63) is 64.0 Å². The Kier molecular flexibility index (Phi) is 5.44. The number of carbonyl (C=O) groups is 2. The normalized spacial score (nSPS) is 19.9. The Morgan fingerprint density at radius 2 is 2.12 bits per heavy atom. The van der Waals surface area contributed by atoms with Crippen LogP contribution < -0.4 is 0 Å². The number of likely N-dealkylation sites (tertiary alicyclic amines) is 1. The topological polar surface area (TPSA) is 114 Å². The third kappa shape index (κ3) is 3.76. The van der Waals surface area contributed by atoms with Gasteiger partial charge in [-0.1, -0.05) is 6.07 Å². The summed E-state index contributed by atoms with van der Waals surface area (Å²) in [4.78, 5) is 30.6. The number of hydrogen-bond acceptors (Lipinski definition) is 7. The van der Waals surface area contributed by atoms with Crippen LogP contribution in [-0.4, -0.2) is 70.9 Å². The Balaban J connectivity index is 1.42. The van der Waals surface area contributed by atoms with E-state index in [-0.39, 0.29) is 16.6 Å². The van der Waals surface area contributed by atoms with E-state index >= 15 is 0 Å². The Morgan fingerprint density at radius 1 is 1.32 bits per heavy atom. The lowest BCUT2D eigenvalue weighted by molar-refractivity contribution is -0.149. The Bertz CT molecular complexity index is 1470. The number of aryl methyl sites for hydroxylation is 1. The Labute approximate surface area is 204 Å². The molecule has 5 rings (SSSR count). The molecule has 0 saturated carbocycles. The lowest BCUT2D eigenvalue weighted by atomic mass is 10.1. The molecule has 2 fully saturated rings. The Hall–Kier alpha value is -3.25. The van der Waals surface area contributed by atoms with Crippen molar-refractivity contribution < 1.29 is 22.7 Å². The number of rotatable bonds is 5. The van der Waals surface area contributed by atoms with Gasteiger partial charge in [-0.2, -0.15) is 17.9 Å². The summed E-state index contributed by atoms with van der Waals surface area (Å²) in [5.74, 6) is -0.818. The van der Waals surface area contributed by atoms with Crippen molar-refractivity contribution in [2.75, 3.05) is 13.6 Å². The van der Waals surface area contributed by atoms with Gasteiger partial charge >= 0.3 is 5.97 Å². The zero-order valence-corrected chi connectivity index (χ0v) is 20.7. The van der Waals surface area contributed by atoms with E-state index in [0.717, 1.165) is 8.89 Å². The van der Waals surface area contributed by atoms with Gasteiger partial charge in [-0.15, -0.1) is 0 Å². The molecule has 0 radical (unpaired) electrons. The van der Waals surface area contributed by atoms with E-state index in [0.29, 0.717) is 29.9 Å². The minimum atomic E-state index is -4.05. The van der Waals surface area contributed by atoms with Crippen LogP contribution in [0.15, 0.2) is 57.2 Å². The largest absolute Gasteiger partial charge is 0.459 e. The summed E-state index contributed by atoms with van der Waals surface area (Å²) >= 11 is 3.40. The number of aromatic nitrogens is 2. The maximum atomic E-state index is 13.3. The number of imidazole rings is 1. The van der Waals surface area contributed by atoms with Gasteiger partial charge < -0.3 is 9.64 Å². The van der Waals surface area contributed by atoms with Crippen molar-refractivity contribution in [2.45, 2.75) is 30.4 Å². The molecule has 2 aliphatic heterocycles. The minimum absolute atomic E-state index is 0.0363. The number of ether oxygens (including phenoxy) is 1. The van der Waals surface area contributed by atoms with E-state index < -0.39 is 27.9 Å². The van der Waals surface area contributed by atoms with Crippen LogP contribution in [0.25, 0.3) is 5.65 Å². The van der Waals surface area contributed by atoms with Gasteiger partial charge in [-0.25, -0.2) is 9.78 Å². The van der Waals surface area contributed by atoms with Gasteiger partial charge in [0.25, 0.3) is 15.9 Å². The van der Waals surface area contributed by atoms with Crippen molar-refractivity contribution in [3.8, 4) is 0 Å². The maximum absolute atomic E-state index is 13.3. The standard InChI is InChI=1S/C22H20BrN5O5S/c1-13-3-4-14(21(29)28-12-17-8-18(28)22(30)33-17)7-19(13)34(31,32)26(2)25-10-16-9-24-20-6-5-15(23)11-27(16)20/h3-7,9-11,17-18H,8,12H2,1-2H3/b25-10+/t17-,18-/m0/s1. The van der Waals surface area contributed by atoms with Crippen LogP contribution in [0, 0.1) is 6.92 Å². The second kappa shape index (κ2) is 8.20. The van der Waals surface area contributed by atoms with Crippen molar-refractivity contribution in [1.82, 2.24) is 18.7 Å². The Morgan fingerprint density at radius 3 is 2.85 bits per heavy atom. The molecule has 2 aliphatic rings. The highest BCUT2D eigenvalue weighted by Crippen LogP contribution is 2.31. The van der Waals surface area contributed by atoms with E-state index in [1.165, 1.54) is 24.2 Å². The molecule has 1 amide bonds. The van der Waals surface area contributed by atoms with Crippen LogP contribution in [0.3, 0.4) is 0 Å². The molecule has 2 saturated heterocycles. The second-order valence-electron chi connectivity index (χ2n) is 8.19. The first-order valence-electron chi connectivity index (χ1n) is 10.4. The molecule has 0 N–H and O–H groups in total. The molecule has 0 aliphatic carbocycles. The quantitative estimate of drug-likeness (QED) is 0.276. The smallest absolute Gasteiger partial charge is 0.329 e. The lowest BCUT2D eigenvalue weighted by Crippen LogP contribution is -2.44. The second-order valence-corrected chi connectivity index (χ2v) is 11.0. The summed E-state index contributed by atoms with van der Waals surface area (Å²) in [5, 5.41) is 4.12. The molecule has 1 aromatic carbocycles. The average Bonchev–Trinajstić information content (AvgIpc) is 3.50. The van der Waals surface area contributed by atoms with E-state index in [2.05, 4.69) is 26.0 Å². The third-order valence-electron chi connectivity index (χ3n) is 5.99. The van der Waals surface area contributed by atoms with Gasteiger partial charge in [0.2, 0.25) is 0 Å². The highest BCUT2D eigenvalue weighted by atomic mass is 79.9. The van der Waals surface area contributed by atoms with Crippen LogP contribution in [0.5, 0.6) is 0 Å². The van der Waals surface area contributed by atoms with Gasteiger partial charge in [0.15, 0.2) is 0 Å². The number of hydrogen-bond donors (Lipinski definition) is 0. The van der Waals surface area contributed by atoms with Crippen LogP contribution in [0.1, 0.15) is 28.0 Å².